The van der Waals surface area contributed by atoms with Gasteiger partial charge in [0.05, 0.1) is 5.69 Å². The standard InChI is InChI=1S/C17H23N3O/c1-13-15(11-20(2)19-13)10-18-12-17(21)9-5-7-14-6-3-4-8-16(14)17/h3-4,6,8,11,18,21H,5,7,9-10,12H2,1-2H3. The molecule has 2 aromatic rings. The maximum Gasteiger partial charge on any atom is 0.102 e. The summed E-state index contributed by atoms with van der Waals surface area (Å²) in [6, 6.07) is 8.26. The third kappa shape index (κ3) is 2.87. The Hall–Kier alpha value is -1.65. The van der Waals surface area contributed by atoms with Crippen molar-refractivity contribution in [2.24, 2.45) is 7.05 Å². The summed E-state index contributed by atoms with van der Waals surface area (Å²) < 4.78 is 1.83. The van der Waals surface area contributed by atoms with Crippen molar-refractivity contribution in [2.45, 2.75) is 38.3 Å². The molecule has 21 heavy (non-hydrogen) atoms. The van der Waals surface area contributed by atoms with Crippen LogP contribution in [-0.4, -0.2) is 21.4 Å². The molecule has 112 valence electrons. The topological polar surface area (TPSA) is 50.1 Å². The summed E-state index contributed by atoms with van der Waals surface area (Å²) in [5, 5.41) is 18.7. The first-order valence-electron chi connectivity index (χ1n) is 7.59. The fourth-order valence-corrected chi connectivity index (χ4v) is 3.31. The van der Waals surface area contributed by atoms with E-state index in [9.17, 15) is 5.11 Å². The van der Waals surface area contributed by atoms with E-state index in [1.165, 1.54) is 11.1 Å². The van der Waals surface area contributed by atoms with Gasteiger partial charge in [-0.1, -0.05) is 24.3 Å². The second-order valence-corrected chi connectivity index (χ2v) is 6.06. The number of hydrogen-bond acceptors (Lipinski definition) is 3. The van der Waals surface area contributed by atoms with Crippen molar-refractivity contribution in [3.63, 3.8) is 0 Å². The Balaban J connectivity index is 1.69. The molecule has 1 heterocycles. The number of nitrogens with one attached hydrogen (secondary N) is 1. The number of fused-ring (bicyclic) bond motifs is 1. The molecule has 0 radical (unpaired) electrons. The van der Waals surface area contributed by atoms with E-state index in [-0.39, 0.29) is 0 Å². The molecule has 0 fully saturated rings. The Labute approximate surface area is 125 Å². The van der Waals surface area contributed by atoms with Gasteiger partial charge < -0.3 is 10.4 Å². The summed E-state index contributed by atoms with van der Waals surface area (Å²) in [5.41, 5.74) is 3.86. The minimum absolute atomic E-state index is 0.582. The molecule has 1 aliphatic carbocycles. The van der Waals surface area contributed by atoms with Gasteiger partial charge in [-0.25, -0.2) is 0 Å². The number of hydrogen-bond donors (Lipinski definition) is 2. The number of rotatable bonds is 4. The first kappa shape index (κ1) is 14.3. The van der Waals surface area contributed by atoms with E-state index in [1.807, 2.05) is 30.9 Å². The molecular formula is C17H23N3O. The Bertz CT molecular complexity index is 635. The second-order valence-electron chi connectivity index (χ2n) is 6.06. The van der Waals surface area contributed by atoms with E-state index in [0.717, 1.165) is 37.1 Å². The molecule has 0 aliphatic heterocycles. The van der Waals surface area contributed by atoms with Crippen molar-refractivity contribution in [1.29, 1.82) is 0 Å². The molecular weight excluding hydrogens is 262 g/mol. The molecule has 1 aromatic carbocycles. The normalized spacial score (nSPS) is 21.3. The van der Waals surface area contributed by atoms with Gasteiger partial charge in [-0.05, 0) is 37.3 Å². The van der Waals surface area contributed by atoms with Gasteiger partial charge in [0, 0.05) is 31.9 Å². The average molecular weight is 285 g/mol. The summed E-state index contributed by atoms with van der Waals surface area (Å²) in [6.07, 6.45) is 4.96. The minimum atomic E-state index is -0.745. The Morgan fingerprint density at radius 1 is 1.38 bits per heavy atom. The van der Waals surface area contributed by atoms with Crippen molar-refractivity contribution in [2.75, 3.05) is 6.54 Å². The van der Waals surface area contributed by atoms with Crippen LogP contribution in [0.5, 0.6) is 0 Å². The monoisotopic (exact) mass is 285 g/mol. The highest BCUT2D eigenvalue weighted by Crippen LogP contribution is 2.34. The highest BCUT2D eigenvalue weighted by Gasteiger charge is 2.33. The summed E-state index contributed by atoms with van der Waals surface area (Å²) >= 11 is 0. The molecule has 4 heteroatoms. The van der Waals surface area contributed by atoms with E-state index in [1.54, 1.807) is 0 Å². The fraction of sp³-hybridized carbons (Fsp3) is 0.471. The van der Waals surface area contributed by atoms with E-state index in [4.69, 9.17) is 0 Å². The number of benzene rings is 1. The van der Waals surface area contributed by atoms with Gasteiger partial charge in [-0.15, -0.1) is 0 Å². The fourth-order valence-electron chi connectivity index (χ4n) is 3.31. The third-order valence-electron chi connectivity index (χ3n) is 4.40. The van der Waals surface area contributed by atoms with E-state index in [0.29, 0.717) is 6.54 Å². The Morgan fingerprint density at radius 3 is 2.95 bits per heavy atom. The lowest BCUT2D eigenvalue weighted by Crippen LogP contribution is -2.40. The smallest absolute Gasteiger partial charge is 0.102 e. The lowest BCUT2D eigenvalue weighted by atomic mass is 9.79. The van der Waals surface area contributed by atoms with Gasteiger partial charge in [-0.2, -0.15) is 5.10 Å². The van der Waals surface area contributed by atoms with Crippen molar-refractivity contribution in [1.82, 2.24) is 15.1 Å². The van der Waals surface area contributed by atoms with Crippen LogP contribution >= 0.6 is 0 Å². The van der Waals surface area contributed by atoms with Gasteiger partial charge in [-0.3, -0.25) is 4.68 Å². The van der Waals surface area contributed by atoms with Gasteiger partial charge in [0.1, 0.15) is 5.60 Å². The minimum Gasteiger partial charge on any atom is -0.384 e. The average Bonchev–Trinajstić information content (AvgIpc) is 2.78. The molecule has 1 aromatic heterocycles. The molecule has 3 rings (SSSR count). The zero-order valence-corrected chi connectivity index (χ0v) is 12.8. The van der Waals surface area contributed by atoms with E-state index in [2.05, 4.69) is 28.6 Å². The SMILES string of the molecule is Cc1nn(C)cc1CNCC1(O)CCCc2ccccc21. The molecule has 0 saturated carbocycles. The van der Waals surface area contributed by atoms with Crippen LogP contribution in [0.4, 0.5) is 0 Å². The van der Waals surface area contributed by atoms with Crippen LogP contribution < -0.4 is 5.32 Å². The van der Waals surface area contributed by atoms with Gasteiger partial charge >= 0.3 is 0 Å². The molecule has 1 unspecified atom stereocenters. The Morgan fingerprint density at radius 2 is 2.19 bits per heavy atom. The molecule has 0 saturated heterocycles. The zero-order chi connectivity index (χ0) is 14.9. The highest BCUT2D eigenvalue weighted by molar-refractivity contribution is 5.35. The molecule has 0 amide bonds. The number of nitrogens with zero attached hydrogens (tertiary/aromatic N) is 2. The van der Waals surface area contributed by atoms with Crippen molar-refractivity contribution < 1.29 is 5.11 Å². The first-order valence-corrected chi connectivity index (χ1v) is 7.59. The van der Waals surface area contributed by atoms with Crippen molar-refractivity contribution in [3.8, 4) is 0 Å². The quantitative estimate of drug-likeness (QED) is 0.904. The van der Waals surface area contributed by atoms with Crippen LogP contribution in [0.25, 0.3) is 0 Å². The molecule has 4 nitrogen and oxygen atoms in total. The zero-order valence-electron chi connectivity index (χ0n) is 12.8. The summed E-state index contributed by atoms with van der Waals surface area (Å²) in [7, 11) is 1.93. The van der Waals surface area contributed by atoms with Gasteiger partial charge in [0.15, 0.2) is 0 Å². The van der Waals surface area contributed by atoms with E-state index >= 15 is 0 Å². The predicted molar refractivity (Wildman–Crippen MR) is 82.9 cm³/mol. The molecule has 0 bridgehead atoms. The molecule has 0 spiro atoms. The number of aliphatic hydroxyl groups is 1. The van der Waals surface area contributed by atoms with Crippen LogP contribution in [0.3, 0.4) is 0 Å². The maximum atomic E-state index is 11.0. The number of aryl methyl sites for hydroxylation is 3. The predicted octanol–water partition coefficient (Wildman–Crippen LogP) is 2.04. The van der Waals surface area contributed by atoms with Crippen molar-refractivity contribution in [3.05, 3.63) is 52.8 Å². The van der Waals surface area contributed by atoms with Crippen LogP contribution in [0, 0.1) is 6.92 Å². The summed E-state index contributed by atoms with van der Waals surface area (Å²) in [5.74, 6) is 0. The molecule has 2 N–H and O–H groups in total. The van der Waals surface area contributed by atoms with Crippen LogP contribution in [-0.2, 0) is 25.6 Å². The van der Waals surface area contributed by atoms with Crippen LogP contribution in [0.1, 0.15) is 35.2 Å². The molecule has 1 aliphatic rings. The lowest BCUT2D eigenvalue weighted by molar-refractivity contribution is 0.0189. The van der Waals surface area contributed by atoms with E-state index < -0.39 is 5.60 Å². The summed E-state index contributed by atoms with van der Waals surface area (Å²) in [4.78, 5) is 0. The van der Waals surface area contributed by atoms with Crippen LogP contribution in [0.15, 0.2) is 30.5 Å². The lowest BCUT2D eigenvalue weighted by Gasteiger charge is -2.34. The van der Waals surface area contributed by atoms with Gasteiger partial charge in [0.25, 0.3) is 0 Å². The van der Waals surface area contributed by atoms with Crippen molar-refractivity contribution >= 4 is 0 Å². The first-order chi connectivity index (χ1) is 10.1. The highest BCUT2D eigenvalue weighted by atomic mass is 16.3. The second kappa shape index (κ2) is 5.62. The van der Waals surface area contributed by atoms with Gasteiger partial charge in [0.2, 0.25) is 0 Å². The number of aromatic nitrogens is 2. The van der Waals surface area contributed by atoms with Crippen LogP contribution in [0.2, 0.25) is 0 Å². The largest absolute Gasteiger partial charge is 0.384 e. The maximum absolute atomic E-state index is 11.0. The summed E-state index contributed by atoms with van der Waals surface area (Å²) in [6.45, 7) is 3.34. The third-order valence-corrected chi connectivity index (χ3v) is 4.40. The molecule has 1 atom stereocenters. The Kier molecular flexibility index (Phi) is 3.83.